The van der Waals surface area contributed by atoms with Gasteiger partial charge in [0.1, 0.15) is 10.8 Å². The summed E-state index contributed by atoms with van der Waals surface area (Å²) in [5.74, 6) is -0.558. The molecular weight excluding hydrogens is 297 g/mol. The number of rotatable bonds is 4. The summed E-state index contributed by atoms with van der Waals surface area (Å²) >= 11 is 5.71. The van der Waals surface area contributed by atoms with Crippen molar-refractivity contribution in [2.75, 3.05) is 5.32 Å². The van der Waals surface area contributed by atoms with Crippen LogP contribution < -0.4 is 5.32 Å². The van der Waals surface area contributed by atoms with Crippen molar-refractivity contribution in [2.45, 2.75) is 6.54 Å². The first-order valence-corrected chi connectivity index (χ1v) is 6.25. The molecule has 2 aromatic rings. The lowest BCUT2D eigenvalue weighted by molar-refractivity contribution is -0.384. The topological polar surface area (TPSA) is 79.0 Å². The summed E-state index contributed by atoms with van der Waals surface area (Å²) in [7, 11) is 0. The molecule has 21 heavy (non-hydrogen) atoms. The zero-order valence-electron chi connectivity index (χ0n) is 10.6. The molecule has 1 N–H and O–H groups in total. The lowest BCUT2D eigenvalue weighted by atomic mass is 10.1. The molecule has 0 atom stereocenters. The largest absolute Gasteiger partial charge is 0.379 e. The second kappa shape index (κ2) is 6.20. The molecule has 0 saturated carbocycles. The van der Waals surface area contributed by atoms with Gasteiger partial charge in [-0.1, -0.05) is 17.7 Å². The van der Waals surface area contributed by atoms with Gasteiger partial charge in [-0.3, -0.25) is 10.1 Å². The van der Waals surface area contributed by atoms with Crippen LogP contribution in [-0.4, -0.2) is 4.92 Å². The average molecular weight is 306 g/mol. The fourth-order valence-corrected chi connectivity index (χ4v) is 1.92. The van der Waals surface area contributed by atoms with E-state index in [9.17, 15) is 14.5 Å². The lowest BCUT2D eigenvalue weighted by Crippen LogP contribution is -2.02. The molecule has 0 heterocycles. The third-order valence-electron chi connectivity index (χ3n) is 2.79. The van der Waals surface area contributed by atoms with Crippen molar-refractivity contribution >= 4 is 23.0 Å². The Kier molecular flexibility index (Phi) is 4.36. The van der Waals surface area contributed by atoms with E-state index in [2.05, 4.69) is 5.32 Å². The molecule has 2 rings (SSSR count). The highest BCUT2D eigenvalue weighted by atomic mass is 35.5. The summed E-state index contributed by atoms with van der Waals surface area (Å²) in [6.45, 7) is 0.195. The summed E-state index contributed by atoms with van der Waals surface area (Å²) in [5.41, 5.74) is 0.831. The van der Waals surface area contributed by atoms with Crippen LogP contribution >= 0.6 is 11.6 Å². The van der Waals surface area contributed by atoms with Crippen molar-refractivity contribution in [1.82, 2.24) is 0 Å². The van der Waals surface area contributed by atoms with E-state index in [4.69, 9.17) is 16.9 Å². The Labute approximate surface area is 124 Å². The van der Waals surface area contributed by atoms with Crippen LogP contribution in [0.4, 0.5) is 15.8 Å². The molecule has 0 unspecified atom stereocenters. The Hall–Kier alpha value is -2.65. The summed E-state index contributed by atoms with van der Waals surface area (Å²) in [5, 5.41) is 22.3. The maximum atomic E-state index is 13.7. The standard InChI is InChI=1S/C14H9ClFN3O2/c15-11-3-1-10(6-14(11)19(20)21)8-18-13-4-2-9(7-17)5-12(13)16/h1-6,18H,8H2. The molecule has 2 aromatic carbocycles. The maximum absolute atomic E-state index is 13.7. The van der Waals surface area contributed by atoms with Crippen molar-refractivity contribution in [2.24, 2.45) is 0 Å². The molecular formula is C14H9ClFN3O2. The van der Waals surface area contributed by atoms with E-state index in [1.54, 1.807) is 6.07 Å². The fraction of sp³-hybridized carbons (Fsp3) is 0.0714. The Morgan fingerprint density at radius 1 is 1.33 bits per heavy atom. The number of nitro benzene ring substituents is 1. The molecule has 7 heteroatoms. The van der Waals surface area contributed by atoms with E-state index < -0.39 is 10.7 Å². The first-order valence-electron chi connectivity index (χ1n) is 5.87. The van der Waals surface area contributed by atoms with Gasteiger partial charge in [-0.25, -0.2) is 4.39 Å². The molecule has 106 valence electrons. The van der Waals surface area contributed by atoms with Crippen molar-refractivity contribution < 1.29 is 9.31 Å². The Bertz CT molecular complexity index is 743. The number of hydrogen-bond acceptors (Lipinski definition) is 4. The number of nitro groups is 1. The van der Waals surface area contributed by atoms with Gasteiger partial charge in [-0.15, -0.1) is 0 Å². The monoisotopic (exact) mass is 305 g/mol. The molecule has 0 radical (unpaired) electrons. The molecule has 0 bridgehead atoms. The number of nitrogens with zero attached hydrogens (tertiary/aromatic N) is 2. The van der Waals surface area contributed by atoms with Gasteiger partial charge in [0.05, 0.1) is 22.2 Å². The lowest BCUT2D eigenvalue weighted by Gasteiger charge is -2.08. The van der Waals surface area contributed by atoms with Gasteiger partial charge in [0.15, 0.2) is 0 Å². The molecule has 0 saturated heterocycles. The fourth-order valence-electron chi connectivity index (χ4n) is 1.73. The molecule has 0 aliphatic carbocycles. The smallest absolute Gasteiger partial charge is 0.288 e. The summed E-state index contributed by atoms with van der Waals surface area (Å²) in [4.78, 5) is 10.2. The van der Waals surface area contributed by atoms with Crippen LogP contribution in [0.3, 0.4) is 0 Å². The minimum atomic E-state index is -0.575. The average Bonchev–Trinajstić information content (AvgIpc) is 2.47. The minimum absolute atomic E-state index is 0.0494. The summed E-state index contributed by atoms with van der Waals surface area (Å²) < 4.78 is 13.7. The quantitative estimate of drug-likeness (QED) is 0.687. The molecule has 0 amide bonds. The van der Waals surface area contributed by atoms with E-state index >= 15 is 0 Å². The first kappa shape index (κ1) is 14.8. The molecule has 0 aliphatic heterocycles. The predicted molar refractivity (Wildman–Crippen MR) is 76.5 cm³/mol. The molecule has 0 fully saturated rings. The normalized spacial score (nSPS) is 9.95. The summed E-state index contributed by atoms with van der Waals surface area (Å²) in [6, 6.07) is 10.2. The molecule has 0 spiro atoms. The van der Waals surface area contributed by atoms with Crippen LogP contribution in [0.1, 0.15) is 11.1 Å². The third-order valence-corrected chi connectivity index (χ3v) is 3.11. The van der Waals surface area contributed by atoms with Gasteiger partial charge >= 0.3 is 0 Å². The van der Waals surface area contributed by atoms with E-state index in [1.165, 1.54) is 24.3 Å². The highest BCUT2D eigenvalue weighted by molar-refractivity contribution is 6.32. The van der Waals surface area contributed by atoms with Gasteiger partial charge in [-0.2, -0.15) is 5.26 Å². The van der Waals surface area contributed by atoms with Crippen molar-refractivity contribution in [1.29, 1.82) is 5.26 Å². The molecule has 0 aromatic heterocycles. The van der Waals surface area contributed by atoms with Crippen molar-refractivity contribution in [3.63, 3.8) is 0 Å². The van der Waals surface area contributed by atoms with Crippen LogP contribution in [0.25, 0.3) is 0 Å². The highest BCUT2D eigenvalue weighted by Crippen LogP contribution is 2.25. The minimum Gasteiger partial charge on any atom is -0.379 e. The predicted octanol–water partition coefficient (Wildman–Crippen LogP) is 3.87. The van der Waals surface area contributed by atoms with Crippen LogP contribution in [-0.2, 0) is 6.54 Å². The molecule has 0 aliphatic rings. The van der Waals surface area contributed by atoms with E-state index in [0.717, 1.165) is 6.07 Å². The van der Waals surface area contributed by atoms with Crippen molar-refractivity contribution in [3.8, 4) is 6.07 Å². The van der Waals surface area contributed by atoms with Crippen LogP contribution in [0.5, 0.6) is 0 Å². The van der Waals surface area contributed by atoms with Crippen LogP contribution in [0.2, 0.25) is 5.02 Å². The highest BCUT2D eigenvalue weighted by Gasteiger charge is 2.12. The Morgan fingerprint density at radius 3 is 2.71 bits per heavy atom. The van der Waals surface area contributed by atoms with E-state index in [1.807, 2.05) is 6.07 Å². The second-order valence-corrected chi connectivity index (χ2v) is 4.61. The number of nitrogens with one attached hydrogen (secondary N) is 1. The SMILES string of the molecule is N#Cc1ccc(NCc2ccc(Cl)c([N+](=O)[O-])c2)c(F)c1. The number of nitriles is 1. The zero-order valence-corrected chi connectivity index (χ0v) is 11.4. The maximum Gasteiger partial charge on any atom is 0.288 e. The van der Waals surface area contributed by atoms with E-state index in [0.29, 0.717) is 5.56 Å². The number of benzene rings is 2. The number of anilines is 1. The Balaban J connectivity index is 2.15. The number of hydrogen-bond donors (Lipinski definition) is 1. The van der Waals surface area contributed by atoms with E-state index in [-0.39, 0.29) is 28.5 Å². The zero-order chi connectivity index (χ0) is 15.4. The Morgan fingerprint density at radius 2 is 2.10 bits per heavy atom. The van der Waals surface area contributed by atoms with Gasteiger partial charge < -0.3 is 5.32 Å². The van der Waals surface area contributed by atoms with Gasteiger partial charge in [-0.05, 0) is 29.8 Å². The first-order chi connectivity index (χ1) is 10.0. The summed E-state index contributed by atoms with van der Waals surface area (Å²) in [6.07, 6.45) is 0. The number of halogens is 2. The van der Waals surface area contributed by atoms with Crippen molar-refractivity contribution in [3.05, 3.63) is 68.5 Å². The van der Waals surface area contributed by atoms with Gasteiger partial charge in [0, 0.05) is 12.6 Å². The van der Waals surface area contributed by atoms with Crippen LogP contribution in [0.15, 0.2) is 36.4 Å². The second-order valence-electron chi connectivity index (χ2n) is 4.20. The van der Waals surface area contributed by atoms with Gasteiger partial charge in [0.2, 0.25) is 0 Å². The van der Waals surface area contributed by atoms with Crippen LogP contribution in [0, 0.1) is 27.3 Å². The third kappa shape index (κ3) is 3.46. The van der Waals surface area contributed by atoms with Gasteiger partial charge in [0.25, 0.3) is 5.69 Å². The molecule has 5 nitrogen and oxygen atoms in total.